The maximum Gasteiger partial charge on any atom is 0.273 e. The maximum absolute atomic E-state index is 12.7. The first kappa shape index (κ1) is 29.7. The number of amides is 2. The number of aromatic nitrogens is 5. The summed E-state index contributed by atoms with van der Waals surface area (Å²) < 4.78 is 3.89. The van der Waals surface area contributed by atoms with Crippen LogP contribution in [0.15, 0.2) is 53.6 Å². The molecule has 0 bridgehead atoms. The Morgan fingerprint density at radius 3 is 2.59 bits per heavy atom. The summed E-state index contributed by atoms with van der Waals surface area (Å²) in [4.78, 5) is 42.4. The van der Waals surface area contributed by atoms with E-state index in [4.69, 9.17) is 5.10 Å². The Hall–Kier alpha value is -5.04. The summed E-state index contributed by atoms with van der Waals surface area (Å²) in [6.07, 6.45) is 5.51. The van der Waals surface area contributed by atoms with Crippen LogP contribution in [0.25, 0.3) is 11.1 Å². The highest BCUT2D eigenvalue weighted by molar-refractivity contribution is 6.01. The van der Waals surface area contributed by atoms with Gasteiger partial charge in [0.25, 0.3) is 11.5 Å². The predicted molar refractivity (Wildman–Crippen MR) is 175 cm³/mol. The van der Waals surface area contributed by atoms with E-state index in [9.17, 15) is 14.4 Å². The lowest BCUT2D eigenvalue weighted by atomic mass is 9.93. The van der Waals surface area contributed by atoms with Crippen molar-refractivity contribution in [1.29, 1.82) is 0 Å². The second kappa shape index (κ2) is 11.7. The van der Waals surface area contributed by atoms with Crippen LogP contribution in [0.1, 0.15) is 60.5 Å². The minimum absolute atomic E-state index is 0.00823. The van der Waals surface area contributed by atoms with Crippen LogP contribution in [-0.2, 0) is 17.9 Å². The predicted octanol–water partition coefficient (Wildman–Crippen LogP) is 3.54. The fraction of sp³-hybridized carbons (Fsp3) is 0.394. The zero-order valence-corrected chi connectivity index (χ0v) is 26.4. The molecule has 1 aromatic carbocycles. The lowest BCUT2D eigenvalue weighted by Gasteiger charge is -2.42. The number of hydrogen-bond donors (Lipinski definition) is 3. The van der Waals surface area contributed by atoms with E-state index in [1.165, 1.54) is 0 Å². The van der Waals surface area contributed by atoms with E-state index in [1.807, 2.05) is 43.6 Å². The van der Waals surface area contributed by atoms with Crippen molar-refractivity contribution in [1.82, 2.24) is 34.8 Å². The van der Waals surface area contributed by atoms with Crippen LogP contribution in [0.3, 0.4) is 0 Å². The van der Waals surface area contributed by atoms with E-state index < -0.39 is 0 Å². The van der Waals surface area contributed by atoms with Gasteiger partial charge in [-0.3, -0.25) is 24.0 Å². The van der Waals surface area contributed by atoms with Gasteiger partial charge in [-0.05, 0) is 38.8 Å². The van der Waals surface area contributed by atoms with E-state index in [2.05, 4.69) is 60.7 Å². The van der Waals surface area contributed by atoms with Gasteiger partial charge in [0, 0.05) is 75.1 Å². The highest BCUT2D eigenvalue weighted by Gasteiger charge is 2.37. The molecule has 3 aromatic heterocycles. The third-order valence-electron chi connectivity index (χ3n) is 9.31. The Labute approximate surface area is 266 Å². The van der Waals surface area contributed by atoms with Crippen molar-refractivity contribution < 1.29 is 9.59 Å². The quantitative estimate of drug-likeness (QED) is 0.256. The average molecular weight is 623 g/mol. The number of likely N-dealkylation sites (tertiary alicyclic amines) is 1. The summed E-state index contributed by atoms with van der Waals surface area (Å²) in [5.74, 6) is -0.172. The fourth-order valence-corrected chi connectivity index (χ4v) is 6.48. The van der Waals surface area contributed by atoms with E-state index >= 15 is 0 Å². The van der Waals surface area contributed by atoms with Crippen molar-refractivity contribution in [3.8, 4) is 11.1 Å². The second-order valence-corrected chi connectivity index (χ2v) is 12.3. The molecule has 0 radical (unpaired) electrons. The van der Waals surface area contributed by atoms with Gasteiger partial charge in [-0.25, -0.2) is 0 Å². The number of carbonyl (C=O) groups is 2. The third kappa shape index (κ3) is 5.19. The Bertz CT molecular complexity index is 1890. The van der Waals surface area contributed by atoms with E-state index in [-0.39, 0.29) is 41.1 Å². The molecule has 13 nitrogen and oxygen atoms in total. The average Bonchev–Trinajstić information content (AvgIpc) is 3.81. The lowest BCUT2D eigenvalue weighted by Crippen LogP contribution is -2.49. The number of benzene rings is 1. The van der Waals surface area contributed by atoms with Gasteiger partial charge < -0.3 is 25.4 Å². The first-order chi connectivity index (χ1) is 22.3. The molecule has 46 heavy (non-hydrogen) atoms. The lowest BCUT2D eigenvalue weighted by molar-refractivity contribution is -0.117. The highest BCUT2D eigenvalue weighted by Crippen LogP contribution is 2.49. The van der Waals surface area contributed by atoms with Gasteiger partial charge in [-0.1, -0.05) is 18.2 Å². The molecule has 238 valence electrons. The van der Waals surface area contributed by atoms with Crippen LogP contribution in [0.4, 0.5) is 22.9 Å². The molecule has 7 rings (SSSR count). The SMILES string of the molecule is CCn1cccc(CN2CC(n3ncc4c3C(C)N(C)c3c(Nc5cc(NC(=O)C6CC6)nnc5C(=O)NC)cccc3-4)C2)c1=O. The van der Waals surface area contributed by atoms with Crippen LogP contribution >= 0.6 is 0 Å². The molecule has 2 fully saturated rings. The van der Waals surface area contributed by atoms with Gasteiger partial charge in [0.1, 0.15) is 0 Å². The van der Waals surface area contributed by atoms with Gasteiger partial charge >= 0.3 is 0 Å². The number of carbonyl (C=O) groups excluding carboxylic acids is 2. The summed E-state index contributed by atoms with van der Waals surface area (Å²) in [7, 11) is 3.60. The van der Waals surface area contributed by atoms with Crippen molar-refractivity contribution >= 4 is 34.7 Å². The first-order valence-corrected chi connectivity index (χ1v) is 15.8. The van der Waals surface area contributed by atoms with E-state index in [1.54, 1.807) is 17.7 Å². The largest absolute Gasteiger partial charge is 0.364 e. The Morgan fingerprint density at radius 2 is 1.85 bits per heavy atom. The summed E-state index contributed by atoms with van der Waals surface area (Å²) in [6.45, 7) is 7.06. The molecule has 0 spiro atoms. The molecule has 1 saturated carbocycles. The standard InChI is InChI=1S/C33H38N10O3/c1-5-42-13-7-8-21(33(42)46)16-41-17-22(18-41)43-29-19(2)40(4)30-23(24(29)15-35-43)9-6-10-25(30)36-26-14-27(37-31(44)20-11-12-20)38-39-28(26)32(45)34-3/h6-10,13-15,19-20,22H,5,11-12,16-18H2,1-4H3,(H,34,45)(H2,36,37,38,44). The highest BCUT2D eigenvalue weighted by atomic mass is 16.2. The molecule has 2 aliphatic heterocycles. The molecule has 1 unspecified atom stereocenters. The number of anilines is 4. The van der Waals surface area contributed by atoms with Gasteiger partial charge in [-0.2, -0.15) is 5.10 Å². The Morgan fingerprint density at radius 1 is 1.04 bits per heavy atom. The van der Waals surface area contributed by atoms with Crippen LogP contribution < -0.4 is 26.4 Å². The Balaban J connectivity index is 1.16. The monoisotopic (exact) mass is 622 g/mol. The molecule has 3 N–H and O–H groups in total. The Kier molecular flexibility index (Phi) is 7.55. The molecule has 2 amide bonds. The summed E-state index contributed by atoms with van der Waals surface area (Å²) in [6, 6.07) is 11.8. The molecule has 1 aliphatic carbocycles. The first-order valence-electron chi connectivity index (χ1n) is 15.8. The van der Waals surface area contributed by atoms with Crippen molar-refractivity contribution in [3.05, 3.63) is 76.1 Å². The van der Waals surface area contributed by atoms with Crippen LogP contribution in [0, 0.1) is 5.92 Å². The number of para-hydroxylation sites is 1. The molecule has 5 heterocycles. The topological polar surface area (TPSA) is 142 Å². The number of nitrogens with one attached hydrogen (secondary N) is 3. The number of fused-ring (bicyclic) bond motifs is 3. The third-order valence-corrected chi connectivity index (χ3v) is 9.31. The molecular weight excluding hydrogens is 584 g/mol. The second-order valence-electron chi connectivity index (χ2n) is 12.3. The van der Waals surface area contributed by atoms with Gasteiger partial charge in [0.05, 0.1) is 41.0 Å². The van der Waals surface area contributed by atoms with Crippen LogP contribution in [0.2, 0.25) is 0 Å². The van der Waals surface area contributed by atoms with Crippen molar-refractivity contribution in [2.75, 3.05) is 42.7 Å². The van der Waals surface area contributed by atoms with Gasteiger partial charge in [-0.15, -0.1) is 10.2 Å². The normalized spacial score (nSPS) is 17.6. The number of pyridine rings is 1. The molecule has 1 atom stereocenters. The smallest absolute Gasteiger partial charge is 0.273 e. The summed E-state index contributed by atoms with van der Waals surface area (Å²) in [5, 5.41) is 22.0. The molecule has 1 saturated heterocycles. The molecule has 4 aromatic rings. The minimum Gasteiger partial charge on any atom is -0.364 e. The van der Waals surface area contributed by atoms with Gasteiger partial charge in [0.2, 0.25) is 5.91 Å². The van der Waals surface area contributed by atoms with Crippen molar-refractivity contribution in [3.63, 3.8) is 0 Å². The molecule has 3 aliphatic rings. The van der Waals surface area contributed by atoms with Crippen molar-refractivity contribution in [2.24, 2.45) is 5.92 Å². The summed E-state index contributed by atoms with van der Waals surface area (Å²) >= 11 is 0. The molecule has 13 heteroatoms. The van der Waals surface area contributed by atoms with Crippen LogP contribution in [-0.4, -0.2) is 68.4 Å². The maximum atomic E-state index is 12.7. The van der Waals surface area contributed by atoms with Gasteiger partial charge in [0.15, 0.2) is 11.5 Å². The van der Waals surface area contributed by atoms with Crippen molar-refractivity contribution in [2.45, 2.75) is 51.9 Å². The fourth-order valence-electron chi connectivity index (χ4n) is 6.48. The van der Waals surface area contributed by atoms with E-state index in [0.29, 0.717) is 24.6 Å². The number of hydrogen-bond acceptors (Lipinski definition) is 9. The van der Waals surface area contributed by atoms with E-state index in [0.717, 1.165) is 59.7 Å². The number of nitrogens with zero attached hydrogens (tertiary/aromatic N) is 7. The van der Waals surface area contributed by atoms with Crippen LogP contribution in [0.5, 0.6) is 0 Å². The number of rotatable bonds is 9. The summed E-state index contributed by atoms with van der Waals surface area (Å²) in [5.41, 5.74) is 6.45. The zero-order valence-electron chi connectivity index (χ0n) is 26.4. The number of aryl methyl sites for hydroxylation is 1. The molecular formula is C33H38N10O3. The minimum atomic E-state index is -0.386. The zero-order chi connectivity index (χ0) is 32.1.